The van der Waals surface area contributed by atoms with Crippen LogP contribution in [0.2, 0.25) is 0 Å². The molecule has 0 atom stereocenters. The molecule has 0 spiro atoms. The van der Waals surface area contributed by atoms with Crippen LogP contribution in [0.3, 0.4) is 0 Å². The summed E-state index contributed by atoms with van der Waals surface area (Å²) in [6, 6.07) is 12.6. The van der Waals surface area contributed by atoms with Gasteiger partial charge in [-0.25, -0.2) is 0 Å². The van der Waals surface area contributed by atoms with Gasteiger partial charge in [-0.05, 0) is 50.2 Å². The van der Waals surface area contributed by atoms with Gasteiger partial charge in [0, 0.05) is 30.9 Å². The van der Waals surface area contributed by atoms with E-state index >= 15 is 0 Å². The number of rotatable bonds is 3. The maximum Gasteiger partial charge on any atom is 0.255 e. The molecule has 0 bridgehead atoms. The Morgan fingerprint density at radius 3 is 1.91 bits per heavy atom. The van der Waals surface area contributed by atoms with E-state index in [4.69, 9.17) is 0 Å². The van der Waals surface area contributed by atoms with Gasteiger partial charge in [0.15, 0.2) is 0 Å². The average molecular weight is 296 g/mol. The number of amides is 2. The van der Waals surface area contributed by atoms with Gasteiger partial charge in [-0.2, -0.15) is 0 Å². The molecule has 0 fully saturated rings. The summed E-state index contributed by atoms with van der Waals surface area (Å²) in [7, 11) is 3.41. The predicted octanol–water partition coefficient (Wildman–Crippen LogP) is 3.26. The third-order valence-electron chi connectivity index (χ3n) is 3.28. The molecule has 1 N–H and O–H groups in total. The monoisotopic (exact) mass is 296 g/mol. The second-order valence-corrected chi connectivity index (χ2v) is 5.61. The van der Waals surface area contributed by atoms with E-state index in [-0.39, 0.29) is 11.8 Å². The first-order valence-corrected chi connectivity index (χ1v) is 7.08. The van der Waals surface area contributed by atoms with Gasteiger partial charge in [0.1, 0.15) is 0 Å². The number of hydrogen-bond acceptors (Lipinski definition) is 2. The highest BCUT2D eigenvalue weighted by Crippen LogP contribution is 2.14. The largest absolute Gasteiger partial charge is 0.345 e. The summed E-state index contributed by atoms with van der Waals surface area (Å²) >= 11 is 0. The smallest absolute Gasteiger partial charge is 0.255 e. The van der Waals surface area contributed by atoms with Crippen molar-refractivity contribution in [2.45, 2.75) is 13.8 Å². The summed E-state index contributed by atoms with van der Waals surface area (Å²) in [5.74, 6) is -0.217. The highest BCUT2D eigenvalue weighted by Gasteiger charge is 2.10. The number of nitrogens with one attached hydrogen (secondary N) is 1. The van der Waals surface area contributed by atoms with Crippen LogP contribution in [0.15, 0.2) is 42.5 Å². The van der Waals surface area contributed by atoms with Crippen molar-refractivity contribution in [3.05, 3.63) is 64.7 Å². The summed E-state index contributed by atoms with van der Waals surface area (Å²) < 4.78 is 0. The molecule has 22 heavy (non-hydrogen) atoms. The van der Waals surface area contributed by atoms with Gasteiger partial charge in [0.25, 0.3) is 11.8 Å². The van der Waals surface area contributed by atoms with Gasteiger partial charge >= 0.3 is 0 Å². The van der Waals surface area contributed by atoms with Crippen LogP contribution >= 0.6 is 0 Å². The van der Waals surface area contributed by atoms with E-state index in [9.17, 15) is 9.59 Å². The third-order valence-corrected chi connectivity index (χ3v) is 3.28. The fourth-order valence-electron chi connectivity index (χ4n) is 2.26. The third kappa shape index (κ3) is 3.73. The Labute approximate surface area is 130 Å². The summed E-state index contributed by atoms with van der Waals surface area (Å²) in [4.78, 5) is 25.6. The summed E-state index contributed by atoms with van der Waals surface area (Å²) in [5, 5.41) is 2.84. The van der Waals surface area contributed by atoms with E-state index in [1.54, 1.807) is 38.4 Å². The van der Waals surface area contributed by atoms with Crippen LogP contribution in [0, 0.1) is 13.8 Å². The van der Waals surface area contributed by atoms with Crippen molar-refractivity contribution in [1.29, 1.82) is 0 Å². The van der Waals surface area contributed by atoms with Gasteiger partial charge in [-0.3, -0.25) is 9.59 Å². The van der Waals surface area contributed by atoms with E-state index in [0.717, 1.165) is 11.1 Å². The van der Waals surface area contributed by atoms with Gasteiger partial charge < -0.3 is 10.2 Å². The summed E-state index contributed by atoms with van der Waals surface area (Å²) in [5.41, 5.74) is 3.99. The minimum absolute atomic E-state index is 0.0628. The highest BCUT2D eigenvalue weighted by atomic mass is 16.2. The van der Waals surface area contributed by atoms with Crippen molar-refractivity contribution in [2.75, 3.05) is 19.4 Å². The van der Waals surface area contributed by atoms with E-state index in [1.165, 1.54) is 4.90 Å². The lowest BCUT2D eigenvalue weighted by atomic mass is 10.1. The maximum atomic E-state index is 12.3. The van der Waals surface area contributed by atoms with E-state index < -0.39 is 0 Å². The van der Waals surface area contributed by atoms with E-state index in [0.29, 0.717) is 16.8 Å². The van der Waals surface area contributed by atoms with Crippen molar-refractivity contribution in [3.63, 3.8) is 0 Å². The number of hydrogen-bond donors (Lipinski definition) is 1. The number of carbonyl (C=O) groups is 2. The van der Waals surface area contributed by atoms with Crippen molar-refractivity contribution < 1.29 is 9.59 Å². The average Bonchev–Trinajstić information content (AvgIpc) is 2.46. The van der Waals surface area contributed by atoms with Gasteiger partial charge in [0.2, 0.25) is 0 Å². The maximum absolute atomic E-state index is 12.3. The van der Waals surface area contributed by atoms with Crippen LogP contribution in [0.1, 0.15) is 31.8 Å². The molecular weight excluding hydrogens is 276 g/mol. The molecule has 0 saturated heterocycles. The first-order valence-electron chi connectivity index (χ1n) is 7.08. The Bertz CT molecular complexity index is 683. The zero-order valence-electron chi connectivity index (χ0n) is 13.3. The molecule has 0 saturated carbocycles. The molecule has 114 valence electrons. The fourth-order valence-corrected chi connectivity index (χ4v) is 2.26. The molecule has 0 unspecified atom stereocenters. The van der Waals surface area contributed by atoms with Crippen molar-refractivity contribution in [2.24, 2.45) is 0 Å². The molecular formula is C18H20N2O2. The van der Waals surface area contributed by atoms with E-state index in [1.807, 2.05) is 32.0 Å². The van der Waals surface area contributed by atoms with Crippen LogP contribution in [0.4, 0.5) is 5.69 Å². The lowest BCUT2D eigenvalue weighted by Crippen LogP contribution is -2.21. The van der Waals surface area contributed by atoms with Gasteiger partial charge in [-0.1, -0.05) is 17.2 Å². The molecule has 2 aromatic carbocycles. The minimum Gasteiger partial charge on any atom is -0.345 e. The SMILES string of the molecule is Cc1cc(C)cc(C(=O)Nc2ccc(C(=O)N(C)C)cc2)c1. The standard InChI is InChI=1S/C18H20N2O2/c1-12-9-13(2)11-15(10-12)17(21)19-16-7-5-14(6-8-16)18(22)20(3)4/h5-11H,1-4H3,(H,19,21). The molecule has 0 heterocycles. The van der Waals surface area contributed by atoms with Crippen LogP contribution in [0.25, 0.3) is 0 Å². The predicted molar refractivity (Wildman–Crippen MR) is 88.3 cm³/mol. The second-order valence-electron chi connectivity index (χ2n) is 5.61. The summed E-state index contributed by atoms with van der Waals surface area (Å²) in [6.07, 6.45) is 0. The molecule has 2 rings (SSSR count). The van der Waals surface area contributed by atoms with Crippen molar-refractivity contribution in [3.8, 4) is 0 Å². The Kier molecular flexibility index (Phi) is 4.61. The number of nitrogens with zero attached hydrogens (tertiary/aromatic N) is 1. The second kappa shape index (κ2) is 6.43. The highest BCUT2D eigenvalue weighted by molar-refractivity contribution is 6.04. The Hall–Kier alpha value is -2.62. The van der Waals surface area contributed by atoms with Crippen LogP contribution in [-0.2, 0) is 0 Å². The van der Waals surface area contributed by atoms with Crippen LogP contribution in [0.5, 0.6) is 0 Å². The number of carbonyl (C=O) groups excluding carboxylic acids is 2. The lowest BCUT2D eigenvalue weighted by Gasteiger charge is -2.11. The zero-order chi connectivity index (χ0) is 16.3. The molecule has 0 radical (unpaired) electrons. The zero-order valence-corrected chi connectivity index (χ0v) is 13.3. The van der Waals surface area contributed by atoms with E-state index in [2.05, 4.69) is 5.32 Å². The van der Waals surface area contributed by atoms with Crippen LogP contribution in [-0.4, -0.2) is 30.8 Å². The Morgan fingerprint density at radius 1 is 0.864 bits per heavy atom. The first-order chi connectivity index (χ1) is 10.4. The minimum atomic E-state index is -0.154. The molecule has 0 aliphatic rings. The number of aryl methyl sites for hydroxylation is 2. The normalized spacial score (nSPS) is 10.2. The molecule has 4 nitrogen and oxygen atoms in total. The lowest BCUT2D eigenvalue weighted by molar-refractivity contribution is 0.0827. The first kappa shape index (κ1) is 15.8. The summed E-state index contributed by atoms with van der Waals surface area (Å²) in [6.45, 7) is 3.93. The molecule has 0 aliphatic carbocycles. The Morgan fingerprint density at radius 2 is 1.41 bits per heavy atom. The Balaban J connectivity index is 2.13. The molecule has 2 amide bonds. The molecule has 0 aromatic heterocycles. The topological polar surface area (TPSA) is 49.4 Å². The number of benzene rings is 2. The fraction of sp³-hybridized carbons (Fsp3) is 0.222. The molecule has 0 aliphatic heterocycles. The molecule has 4 heteroatoms. The van der Waals surface area contributed by atoms with Crippen molar-refractivity contribution >= 4 is 17.5 Å². The van der Waals surface area contributed by atoms with Gasteiger partial charge in [0.05, 0.1) is 0 Å². The number of anilines is 1. The molecule has 2 aromatic rings. The quantitative estimate of drug-likeness (QED) is 0.945. The van der Waals surface area contributed by atoms with Crippen molar-refractivity contribution in [1.82, 2.24) is 4.90 Å². The van der Waals surface area contributed by atoms with Gasteiger partial charge in [-0.15, -0.1) is 0 Å². The van der Waals surface area contributed by atoms with Crippen LogP contribution < -0.4 is 5.32 Å².